The van der Waals surface area contributed by atoms with Gasteiger partial charge in [0.15, 0.2) is 0 Å². The highest BCUT2D eigenvalue weighted by molar-refractivity contribution is 6.05. The lowest BCUT2D eigenvalue weighted by Gasteiger charge is -2.16. The minimum Gasteiger partial charge on any atom is -0.310 e. The van der Waals surface area contributed by atoms with Crippen molar-refractivity contribution in [3.05, 3.63) is 54.1 Å². The van der Waals surface area contributed by atoms with Crippen molar-refractivity contribution in [2.45, 2.75) is 6.92 Å². The summed E-state index contributed by atoms with van der Waals surface area (Å²) in [5.74, 6) is -0.0887. The van der Waals surface area contributed by atoms with E-state index < -0.39 is 0 Å². The zero-order chi connectivity index (χ0) is 12.3. The monoisotopic (exact) mass is 227 g/mol. The van der Waals surface area contributed by atoms with Crippen LogP contribution in [0.4, 0.5) is 5.69 Å². The average molecular weight is 227 g/mol. The van der Waals surface area contributed by atoms with Crippen LogP contribution in [0.15, 0.2) is 43.0 Å². The van der Waals surface area contributed by atoms with Crippen molar-refractivity contribution in [3.8, 4) is 0 Å². The molecule has 0 radical (unpaired) electrons. The lowest BCUT2D eigenvalue weighted by Crippen LogP contribution is -2.26. The summed E-state index contributed by atoms with van der Waals surface area (Å²) >= 11 is 0. The van der Waals surface area contributed by atoms with Crippen molar-refractivity contribution < 1.29 is 4.79 Å². The molecular formula is C13H13N3O. The third-order valence-electron chi connectivity index (χ3n) is 2.46. The zero-order valence-electron chi connectivity index (χ0n) is 9.79. The van der Waals surface area contributed by atoms with Crippen LogP contribution in [-0.2, 0) is 0 Å². The van der Waals surface area contributed by atoms with Crippen LogP contribution in [0.25, 0.3) is 0 Å². The summed E-state index contributed by atoms with van der Waals surface area (Å²) in [5.41, 5.74) is 2.31. The van der Waals surface area contributed by atoms with Gasteiger partial charge < -0.3 is 4.90 Å². The Kier molecular flexibility index (Phi) is 3.14. The first-order chi connectivity index (χ1) is 8.18. The molecule has 0 aliphatic rings. The number of carbonyl (C=O) groups excluding carboxylic acids is 1. The van der Waals surface area contributed by atoms with Gasteiger partial charge in [-0.3, -0.25) is 14.8 Å². The molecule has 0 unspecified atom stereocenters. The van der Waals surface area contributed by atoms with Gasteiger partial charge in [-0.15, -0.1) is 0 Å². The largest absolute Gasteiger partial charge is 0.310 e. The van der Waals surface area contributed by atoms with Gasteiger partial charge >= 0.3 is 0 Å². The summed E-state index contributed by atoms with van der Waals surface area (Å²) in [4.78, 5) is 21.7. The van der Waals surface area contributed by atoms with Gasteiger partial charge in [0.25, 0.3) is 5.91 Å². The second-order valence-corrected chi connectivity index (χ2v) is 3.83. The Labute approximate surface area is 99.9 Å². The van der Waals surface area contributed by atoms with Crippen LogP contribution in [0.1, 0.15) is 15.9 Å². The minimum absolute atomic E-state index is 0.0887. The summed E-state index contributed by atoms with van der Waals surface area (Å²) in [6.45, 7) is 1.91. The molecule has 0 saturated heterocycles. The van der Waals surface area contributed by atoms with E-state index >= 15 is 0 Å². The van der Waals surface area contributed by atoms with Gasteiger partial charge in [0.1, 0.15) is 0 Å². The summed E-state index contributed by atoms with van der Waals surface area (Å²) < 4.78 is 0. The second kappa shape index (κ2) is 4.74. The van der Waals surface area contributed by atoms with Crippen LogP contribution < -0.4 is 4.90 Å². The van der Waals surface area contributed by atoms with E-state index in [-0.39, 0.29) is 5.91 Å². The van der Waals surface area contributed by atoms with Crippen LogP contribution in [0, 0.1) is 6.92 Å². The first-order valence-corrected chi connectivity index (χ1v) is 5.28. The Bertz CT molecular complexity index is 525. The quantitative estimate of drug-likeness (QED) is 0.789. The highest BCUT2D eigenvalue weighted by Crippen LogP contribution is 2.13. The number of aryl methyl sites for hydroxylation is 1. The number of hydrogen-bond donors (Lipinski definition) is 0. The summed E-state index contributed by atoms with van der Waals surface area (Å²) in [6.07, 6.45) is 6.63. The van der Waals surface area contributed by atoms with Gasteiger partial charge in [-0.2, -0.15) is 0 Å². The number of carbonyl (C=O) groups is 1. The van der Waals surface area contributed by atoms with E-state index in [1.165, 1.54) is 0 Å². The van der Waals surface area contributed by atoms with Crippen LogP contribution in [0.3, 0.4) is 0 Å². The number of amides is 1. The average Bonchev–Trinajstić information content (AvgIpc) is 2.38. The van der Waals surface area contributed by atoms with Crippen molar-refractivity contribution in [2.75, 3.05) is 11.9 Å². The highest BCUT2D eigenvalue weighted by Gasteiger charge is 2.13. The zero-order valence-corrected chi connectivity index (χ0v) is 9.79. The molecule has 2 rings (SSSR count). The number of rotatable bonds is 2. The molecule has 86 valence electrons. The molecule has 0 bridgehead atoms. The lowest BCUT2D eigenvalue weighted by atomic mass is 10.2. The van der Waals surface area contributed by atoms with Crippen molar-refractivity contribution in [2.24, 2.45) is 0 Å². The predicted octanol–water partition coefficient (Wildman–Crippen LogP) is 2.06. The molecule has 0 fully saturated rings. The Morgan fingerprint density at radius 2 is 2.06 bits per heavy atom. The fourth-order valence-corrected chi connectivity index (χ4v) is 1.53. The molecule has 4 nitrogen and oxygen atoms in total. The normalized spacial score (nSPS) is 10.0. The van der Waals surface area contributed by atoms with E-state index in [4.69, 9.17) is 0 Å². The first kappa shape index (κ1) is 11.3. The summed E-state index contributed by atoms with van der Waals surface area (Å²) in [5, 5.41) is 0. The molecule has 0 saturated carbocycles. The van der Waals surface area contributed by atoms with Gasteiger partial charge in [-0.25, -0.2) is 0 Å². The maximum atomic E-state index is 12.2. The smallest absolute Gasteiger partial charge is 0.259 e. The molecule has 2 aromatic rings. The van der Waals surface area contributed by atoms with E-state index in [2.05, 4.69) is 9.97 Å². The van der Waals surface area contributed by atoms with E-state index in [9.17, 15) is 4.79 Å². The SMILES string of the molecule is Cc1cncc(C(=O)N(C)c2cccnc2)c1. The summed E-state index contributed by atoms with van der Waals surface area (Å²) in [6, 6.07) is 5.46. The van der Waals surface area contributed by atoms with Crippen molar-refractivity contribution in [1.29, 1.82) is 0 Å². The number of pyridine rings is 2. The molecule has 0 aliphatic carbocycles. The van der Waals surface area contributed by atoms with Crippen LogP contribution in [0.2, 0.25) is 0 Å². The molecular weight excluding hydrogens is 214 g/mol. The van der Waals surface area contributed by atoms with Gasteiger partial charge in [0.2, 0.25) is 0 Å². The number of aromatic nitrogens is 2. The van der Waals surface area contributed by atoms with Crippen molar-refractivity contribution in [1.82, 2.24) is 9.97 Å². The summed E-state index contributed by atoms with van der Waals surface area (Å²) in [7, 11) is 1.72. The molecule has 1 amide bonds. The fourth-order valence-electron chi connectivity index (χ4n) is 1.53. The van der Waals surface area contributed by atoms with Crippen LogP contribution in [-0.4, -0.2) is 22.9 Å². The van der Waals surface area contributed by atoms with E-state index in [1.807, 2.05) is 19.1 Å². The van der Waals surface area contributed by atoms with Gasteiger partial charge in [0.05, 0.1) is 17.4 Å². The molecule has 0 spiro atoms. The number of hydrogen-bond acceptors (Lipinski definition) is 3. The Balaban J connectivity index is 2.27. The number of anilines is 1. The molecule has 0 aromatic carbocycles. The van der Waals surface area contributed by atoms with Crippen molar-refractivity contribution in [3.63, 3.8) is 0 Å². The Hall–Kier alpha value is -2.23. The number of nitrogens with zero attached hydrogens (tertiary/aromatic N) is 3. The maximum absolute atomic E-state index is 12.2. The van der Waals surface area contributed by atoms with Crippen molar-refractivity contribution >= 4 is 11.6 Å². The predicted molar refractivity (Wildman–Crippen MR) is 65.9 cm³/mol. The molecule has 0 atom stereocenters. The first-order valence-electron chi connectivity index (χ1n) is 5.28. The van der Waals surface area contributed by atoms with Crippen LogP contribution >= 0.6 is 0 Å². The molecule has 17 heavy (non-hydrogen) atoms. The molecule has 0 aliphatic heterocycles. The second-order valence-electron chi connectivity index (χ2n) is 3.83. The molecule has 2 heterocycles. The molecule has 2 aromatic heterocycles. The van der Waals surface area contributed by atoms with E-state index in [0.717, 1.165) is 11.3 Å². The third kappa shape index (κ3) is 2.47. The third-order valence-corrected chi connectivity index (χ3v) is 2.46. The van der Waals surface area contributed by atoms with Gasteiger partial charge in [-0.1, -0.05) is 0 Å². The van der Waals surface area contributed by atoms with Gasteiger partial charge in [-0.05, 0) is 30.7 Å². The van der Waals surface area contributed by atoms with E-state index in [1.54, 1.807) is 42.8 Å². The highest BCUT2D eigenvalue weighted by atomic mass is 16.2. The minimum atomic E-state index is -0.0887. The van der Waals surface area contributed by atoms with Crippen LogP contribution in [0.5, 0.6) is 0 Å². The van der Waals surface area contributed by atoms with E-state index in [0.29, 0.717) is 5.56 Å². The standard InChI is InChI=1S/C13H13N3O/c1-10-6-11(8-15-7-10)13(17)16(2)12-4-3-5-14-9-12/h3-9H,1-2H3. The Morgan fingerprint density at radius 1 is 1.24 bits per heavy atom. The van der Waals surface area contributed by atoms with Gasteiger partial charge in [0, 0.05) is 25.6 Å². The molecule has 0 N–H and O–H groups in total. The lowest BCUT2D eigenvalue weighted by molar-refractivity contribution is 0.0992. The topological polar surface area (TPSA) is 46.1 Å². The Morgan fingerprint density at radius 3 is 2.71 bits per heavy atom. The maximum Gasteiger partial charge on any atom is 0.259 e. The fraction of sp³-hybridized carbons (Fsp3) is 0.154. The molecule has 4 heteroatoms.